The van der Waals surface area contributed by atoms with Crippen LogP contribution in [0, 0.1) is 0 Å². The van der Waals surface area contributed by atoms with Crippen LogP contribution < -0.4 is 11.1 Å². The first kappa shape index (κ1) is 14.5. The largest absolute Gasteiger partial charge is 0.409 e. The van der Waals surface area contributed by atoms with Crippen molar-refractivity contribution in [3.8, 4) is 0 Å². The van der Waals surface area contributed by atoms with Crippen molar-refractivity contribution in [3.63, 3.8) is 0 Å². The van der Waals surface area contributed by atoms with E-state index in [1.54, 1.807) is 6.20 Å². The Labute approximate surface area is 108 Å². The van der Waals surface area contributed by atoms with Gasteiger partial charge in [0.05, 0.1) is 6.33 Å². The first-order valence-corrected chi connectivity index (χ1v) is 6.46. The zero-order valence-corrected chi connectivity index (χ0v) is 10.8. The fraction of sp³-hybridized carbons (Fsp3) is 0.667. The fourth-order valence-electron chi connectivity index (χ4n) is 1.69. The van der Waals surface area contributed by atoms with Gasteiger partial charge in [0.15, 0.2) is 0 Å². The summed E-state index contributed by atoms with van der Waals surface area (Å²) in [4.78, 5) is 4.00. The third-order valence-corrected chi connectivity index (χ3v) is 2.74. The standard InChI is InChI=1S/C12H23N5O/c13-12(16-18)5-1-2-6-14-7-3-4-9-17-10-8-15-11-17/h8,10-11,14,18H,1-7,9H2,(H2,13,16). The summed E-state index contributed by atoms with van der Waals surface area (Å²) in [6, 6.07) is 0. The van der Waals surface area contributed by atoms with Crippen molar-refractivity contribution in [3.05, 3.63) is 18.7 Å². The van der Waals surface area contributed by atoms with Gasteiger partial charge in [0.1, 0.15) is 5.84 Å². The number of nitrogens with zero attached hydrogens (tertiary/aromatic N) is 3. The Kier molecular flexibility index (Phi) is 7.63. The Hall–Kier alpha value is -1.56. The molecule has 6 nitrogen and oxygen atoms in total. The summed E-state index contributed by atoms with van der Waals surface area (Å²) < 4.78 is 2.09. The number of nitrogens with one attached hydrogen (secondary N) is 1. The fourth-order valence-corrected chi connectivity index (χ4v) is 1.69. The van der Waals surface area contributed by atoms with Crippen LogP contribution in [0.25, 0.3) is 0 Å². The monoisotopic (exact) mass is 253 g/mol. The highest BCUT2D eigenvalue weighted by Crippen LogP contribution is 1.96. The SMILES string of the molecule is NC(CCCCNCCCCn1ccnc1)=NO. The lowest BCUT2D eigenvalue weighted by atomic mass is 10.2. The van der Waals surface area contributed by atoms with Crippen LogP contribution in [0.15, 0.2) is 23.9 Å². The highest BCUT2D eigenvalue weighted by Gasteiger charge is 1.94. The number of oxime groups is 1. The van der Waals surface area contributed by atoms with Gasteiger partial charge in [0.2, 0.25) is 0 Å². The van der Waals surface area contributed by atoms with Gasteiger partial charge in [-0.1, -0.05) is 5.16 Å². The van der Waals surface area contributed by atoms with Crippen LogP contribution in [0.3, 0.4) is 0 Å². The molecule has 1 heterocycles. The van der Waals surface area contributed by atoms with E-state index < -0.39 is 0 Å². The van der Waals surface area contributed by atoms with Crippen LogP contribution in [0.4, 0.5) is 0 Å². The number of imidazole rings is 1. The van der Waals surface area contributed by atoms with Crippen LogP contribution >= 0.6 is 0 Å². The molecule has 4 N–H and O–H groups in total. The highest BCUT2D eigenvalue weighted by molar-refractivity contribution is 5.79. The molecule has 0 aliphatic rings. The van der Waals surface area contributed by atoms with Gasteiger partial charge in [-0.2, -0.15) is 0 Å². The van der Waals surface area contributed by atoms with Crippen LogP contribution in [-0.4, -0.2) is 33.7 Å². The molecule has 18 heavy (non-hydrogen) atoms. The number of aromatic nitrogens is 2. The normalized spacial score (nSPS) is 11.9. The molecule has 0 fully saturated rings. The maximum Gasteiger partial charge on any atom is 0.139 e. The van der Waals surface area contributed by atoms with Crippen molar-refractivity contribution >= 4 is 5.84 Å². The van der Waals surface area contributed by atoms with Crippen molar-refractivity contribution < 1.29 is 5.21 Å². The lowest BCUT2D eigenvalue weighted by Crippen LogP contribution is -2.18. The number of rotatable bonds is 10. The molecule has 102 valence electrons. The Morgan fingerprint density at radius 2 is 2.06 bits per heavy atom. The van der Waals surface area contributed by atoms with Gasteiger partial charge in [-0.15, -0.1) is 0 Å². The Bertz CT molecular complexity index is 323. The maximum absolute atomic E-state index is 8.35. The summed E-state index contributed by atoms with van der Waals surface area (Å²) in [5, 5.41) is 14.7. The molecule has 0 spiro atoms. The second kappa shape index (κ2) is 9.47. The zero-order chi connectivity index (χ0) is 13.1. The molecule has 1 aromatic rings. The quantitative estimate of drug-likeness (QED) is 0.192. The molecule has 0 saturated carbocycles. The Morgan fingerprint density at radius 3 is 2.72 bits per heavy atom. The molecule has 1 rings (SSSR count). The van der Waals surface area contributed by atoms with Crippen LogP contribution in [0.2, 0.25) is 0 Å². The molecule has 0 radical (unpaired) electrons. The van der Waals surface area contributed by atoms with Crippen LogP contribution in [0.1, 0.15) is 32.1 Å². The van der Waals surface area contributed by atoms with Gasteiger partial charge < -0.3 is 20.8 Å². The van der Waals surface area contributed by atoms with E-state index in [2.05, 4.69) is 20.0 Å². The summed E-state index contributed by atoms with van der Waals surface area (Å²) in [6.45, 7) is 3.06. The first-order valence-electron chi connectivity index (χ1n) is 6.46. The van der Waals surface area contributed by atoms with E-state index in [4.69, 9.17) is 10.9 Å². The average Bonchev–Trinajstić information content (AvgIpc) is 2.89. The van der Waals surface area contributed by atoms with Gasteiger partial charge in [-0.3, -0.25) is 0 Å². The third kappa shape index (κ3) is 6.90. The van der Waals surface area contributed by atoms with Crippen LogP contribution in [-0.2, 0) is 6.54 Å². The Morgan fingerprint density at radius 1 is 1.28 bits per heavy atom. The summed E-state index contributed by atoms with van der Waals surface area (Å²) in [7, 11) is 0. The number of hydrogen-bond donors (Lipinski definition) is 3. The van der Waals surface area contributed by atoms with E-state index >= 15 is 0 Å². The number of amidine groups is 1. The maximum atomic E-state index is 8.35. The molecule has 0 aromatic carbocycles. The van der Waals surface area contributed by atoms with E-state index in [-0.39, 0.29) is 0 Å². The molecule has 0 aliphatic carbocycles. The molecule has 0 amide bonds. The molecule has 0 aliphatic heterocycles. The van der Waals surface area contributed by atoms with Crippen molar-refractivity contribution in [2.45, 2.75) is 38.6 Å². The molecular weight excluding hydrogens is 230 g/mol. The summed E-state index contributed by atoms with van der Waals surface area (Å²) in [5.74, 6) is 0.315. The third-order valence-electron chi connectivity index (χ3n) is 2.74. The molecule has 0 atom stereocenters. The number of aryl methyl sites for hydroxylation is 1. The Balaban J connectivity index is 1.81. The van der Waals surface area contributed by atoms with Crippen molar-refractivity contribution in [2.24, 2.45) is 10.9 Å². The molecule has 1 aromatic heterocycles. The van der Waals surface area contributed by atoms with Gasteiger partial charge in [0, 0.05) is 25.4 Å². The topological polar surface area (TPSA) is 88.5 Å². The molecule has 0 unspecified atom stereocenters. The van der Waals surface area contributed by atoms with E-state index in [0.29, 0.717) is 12.3 Å². The summed E-state index contributed by atoms with van der Waals surface area (Å²) >= 11 is 0. The van der Waals surface area contributed by atoms with Crippen molar-refractivity contribution in [1.82, 2.24) is 14.9 Å². The summed E-state index contributed by atoms with van der Waals surface area (Å²) in [5.41, 5.74) is 5.37. The van der Waals surface area contributed by atoms with Gasteiger partial charge >= 0.3 is 0 Å². The average molecular weight is 253 g/mol. The second-order valence-corrected chi connectivity index (χ2v) is 4.31. The van der Waals surface area contributed by atoms with E-state index in [1.807, 2.05) is 12.5 Å². The smallest absolute Gasteiger partial charge is 0.139 e. The minimum atomic E-state index is 0.315. The van der Waals surface area contributed by atoms with E-state index in [1.165, 1.54) is 6.42 Å². The number of nitrogens with two attached hydrogens (primary N) is 1. The zero-order valence-electron chi connectivity index (χ0n) is 10.8. The molecule has 0 bridgehead atoms. The second-order valence-electron chi connectivity index (χ2n) is 4.31. The highest BCUT2D eigenvalue weighted by atomic mass is 16.4. The molecule has 0 saturated heterocycles. The van der Waals surface area contributed by atoms with Crippen molar-refractivity contribution in [2.75, 3.05) is 13.1 Å². The van der Waals surface area contributed by atoms with E-state index in [0.717, 1.165) is 38.9 Å². The lowest BCUT2D eigenvalue weighted by molar-refractivity contribution is 0.316. The molecular formula is C12H23N5O. The van der Waals surface area contributed by atoms with Crippen LogP contribution in [0.5, 0.6) is 0 Å². The number of unbranched alkanes of at least 4 members (excludes halogenated alkanes) is 2. The predicted molar refractivity (Wildman–Crippen MR) is 71.6 cm³/mol. The van der Waals surface area contributed by atoms with E-state index in [9.17, 15) is 0 Å². The van der Waals surface area contributed by atoms with Gasteiger partial charge in [-0.05, 0) is 38.8 Å². The lowest BCUT2D eigenvalue weighted by Gasteiger charge is -2.05. The van der Waals surface area contributed by atoms with Crippen molar-refractivity contribution in [1.29, 1.82) is 0 Å². The number of hydrogen-bond acceptors (Lipinski definition) is 4. The van der Waals surface area contributed by atoms with Gasteiger partial charge in [-0.25, -0.2) is 4.98 Å². The first-order chi connectivity index (χ1) is 8.83. The minimum absolute atomic E-state index is 0.315. The molecule has 6 heteroatoms. The summed E-state index contributed by atoms with van der Waals surface area (Å²) in [6.07, 6.45) is 10.6. The van der Waals surface area contributed by atoms with Gasteiger partial charge in [0.25, 0.3) is 0 Å². The predicted octanol–water partition coefficient (Wildman–Crippen LogP) is 1.17. The minimum Gasteiger partial charge on any atom is -0.409 e.